The first-order valence-corrected chi connectivity index (χ1v) is 8.44. The Morgan fingerprint density at radius 2 is 1.81 bits per heavy atom. The second-order valence-corrected chi connectivity index (χ2v) is 6.17. The molecule has 0 fully saturated rings. The van der Waals surface area contributed by atoms with Crippen LogP contribution < -0.4 is 20.3 Å². The van der Waals surface area contributed by atoms with Crippen molar-refractivity contribution in [3.05, 3.63) is 58.6 Å². The van der Waals surface area contributed by atoms with Crippen LogP contribution in [0.1, 0.15) is 18.1 Å². The molecule has 0 heterocycles. The molecule has 0 aliphatic rings. The first kappa shape index (κ1) is 19.6. The zero-order chi connectivity index (χ0) is 19.1. The van der Waals surface area contributed by atoms with Crippen molar-refractivity contribution < 1.29 is 19.1 Å². The van der Waals surface area contributed by atoms with Crippen molar-refractivity contribution in [2.24, 2.45) is 0 Å². The number of hydrazine groups is 1. The average molecular weight is 377 g/mol. The van der Waals surface area contributed by atoms with Crippen LogP contribution in [0.25, 0.3) is 0 Å². The van der Waals surface area contributed by atoms with Gasteiger partial charge in [-0.05, 0) is 56.2 Å². The van der Waals surface area contributed by atoms with E-state index in [-0.39, 0.29) is 6.61 Å². The minimum atomic E-state index is -0.767. The number of carbonyl (C=O) groups excluding carboxylic acids is 2. The highest BCUT2D eigenvalue weighted by Crippen LogP contribution is 2.21. The largest absolute Gasteiger partial charge is 0.484 e. The number of aryl methyl sites for hydroxylation is 2. The van der Waals surface area contributed by atoms with Gasteiger partial charge in [-0.1, -0.05) is 29.8 Å². The molecule has 0 saturated carbocycles. The smallest absolute Gasteiger partial charge is 0.279 e. The Morgan fingerprint density at radius 1 is 1.08 bits per heavy atom. The SMILES string of the molecule is Cc1cc(OCC(=O)NNC(=O)C(C)Oc2ccccc2C)ccc1Cl. The number of nitrogens with one attached hydrogen (secondary N) is 2. The normalized spacial score (nSPS) is 11.4. The summed E-state index contributed by atoms with van der Waals surface area (Å²) in [7, 11) is 0. The van der Waals surface area contributed by atoms with E-state index >= 15 is 0 Å². The lowest BCUT2D eigenvalue weighted by Crippen LogP contribution is -2.48. The van der Waals surface area contributed by atoms with Crippen LogP contribution in [0.5, 0.6) is 11.5 Å². The molecule has 1 atom stereocenters. The lowest BCUT2D eigenvalue weighted by Gasteiger charge is -2.16. The summed E-state index contributed by atoms with van der Waals surface area (Å²) in [5, 5.41) is 0.622. The van der Waals surface area contributed by atoms with Crippen LogP contribution in [0.2, 0.25) is 5.02 Å². The van der Waals surface area contributed by atoms with Gasteiger partial charge in [-0.3, -0.25) is 20.4 Å². The van der Waals surface area contributed by atoms with E-state index in [4.69, 9.17) is 21.1 Å². The van der Waals surface area contributed by atoms with Crippen LogP contribution in [-0.2, 0) is 9.59 Å². The molecule has 0 aliphatic carbocycles. The maximum atomic E-state index is 12.0. The summed E-state index contributed by atoms with van der Waals surface area (Å²) in [6.45, 7) is 5.08. The predicted octanol–water partition coefficient (Wildman–Crippen LogP) is 2.95. The van der Waals surface area contributed by atoms with Gasteiger partial charge in [0.1, 0.15) is 11.5 Å². The number of halogens is 1. The molecular weight excluding hydrogens is 356 g/mol. The fourth-order valence-corrected chi connectivity index (χ4v) is 2.18. The summed E-state index contributed by atoms with van der Waals surface area (Å²) in [5.41, 5.74) is 6.37. The van der Waals surface area contributed by atoms with Crippen LogP contribution in [0.3, 0.4) is 0 Å². The first-order valence-electron chi connectivity index (χ1n) is 8.06. The number of para-hydroxylation sites is 1. The van der Waals surface area contributed by atoms with Gasteiger partial charge >= 0.3 is 0 Å². The summed E-state index contributed by atoms with van der Waals surface area (Å²) < 4.78 is 10.9. The van der Waals surface area contributed by atoms with Gasteiger partial charge in [0.25, 0.3) is 11.8 Å². The maximum Gasteiger partial charge on any atom is 0.279 e. The molecule has 7 heteroatoms. The van der Waals surface area contributed by atoms with Crippen LogP contribution in [0, 0.1) is 13.8 Å². The van der Waals surface area contributed by atoms with Crippen molar-refractivity contribution in [3.8, 4) is 11.5 Å². The molecule has 138 valence electrons. The van der Waals surface area contributed by atoms with E-state index in [2.05, 4.69) is 10.9 Å². The van der Waals surface area contributed by atoms with Crippen LogP contribution in [-0.4, -0.2) is 24.5 Å². The van der Waals surface area contributed by atoms with E-state index < -0.39 is 17.9 Å². The molecule has 2 aromatic rings. The second-order valence-electron chi connectivity index (χ2n) is 5.76. The molecule has 1 unspecified atom stereocenters. The van der Waals surface area contributed by atoms with Gasteiger partial charge in [-0.15, -0.1) is 0 Å². The van der Waals surface area contributed by atoms with Crippen molar-refractivity contribution in [1.82, 2.24) is 10.9 Å². The Morgan fingerprint density at radius 3 is 2.50 bits per heavy atom. The molecule has 2 rings (SSSR count). The third kappa shape index (κ3) is 5.67. The Balaban J connectivity index is 1.76. The number of hydrogen-bond donors (Lipinski definition) is 2. The van der Waals surface area contributed by atoms with Gasteiger partial charge in [-0.2, -0.15) is 0 Å². The van der Waals surface area contributed by atoms with E-state index in [1.54, 1.807) is 31.2 Å². The van der Waals surface area contributed by atoms with Crippen molar-refractivity contribution in [2.75, 3.05) is 6.61 Å². The Hall–Kier alpha value is -2.73. The quantitative estimate of drug-likeness (QED) is 0.760. The highest BCUT2D eigenvalue weighted by atomic mass is 35.5. The van der Waals surface area contributed by atoms with E-state index in [0.717, 1.165) is 11.1 Å². The number of ether oxygens (including phenoxy) is 2. The zero-order valence-corrected chi connectivity index (χ0v) is 15.6. The Kier molecular flexibility index (Phi) is 6.86. The van der Waals surface area contributed by atoms with E-state index in [9.17, 15) is 9.59 Å². The molecule has 0 aliphatic heterocycles. The van der Waals surface area contributed by atoms with E-state index in [1.165, 1.54) is 0 Å². The monoisotopic (exact) mass is 376 g/mol. The molecule has 0 saturated heterocycles. The summed E-state index contributed by atoms with van der Waals surface area (Å²) in [4.78, 5) is 23.8. The Bertz CT molecular complexity index is 795. The molecule has 0 spiro atoms. The van der Waals surface area contributed by atoms with Crippen molar-refractivity contribution in [3.63, 3.8) is 0 Å². The van der Waals surface area contributed by atoms with E-state index in [1.807, 2.05) is 32.0 Å². The van der Waals surface area contributed by atoms with Gasteiger partial charge in [-0.25, -0.2) is 0 Å². The van der Waals surface area contributed by atoms with Crippen LogP contribution in [0.15, 0.2) is 42.5 Å². The van der Waals surface area contributed by atoms with Gasteiger partial charge in [0.2, 0.25) is 0 Å². The number of rotatable bonds is 6. The molecular formula is C19H21ClN2O4. The summed E-state index contributed by atoms with van der Waals surface area (Å²) >= 11 is 5.93. The summed E-state index contributed by atoms with van der Waals surface area (Å²) in [6, 6.07) is 12.5. The lowest BCUT2D eigenvalue weighted by atomic mass is 10.2. The molecule has 6 nitrogen and oxygen atoms in total. The standard InChI is InChI=1S/C19H21ClN2O4/c1-12-6-4-5-7-17(12)26-14(3)19(24)22-21-18(23)11-25-15-8-9-16(20)13(2)10-15/h4-10,14H,11H2,1-3H3,(H,21,23)(H,22,24). The van der Waals surface area contributed by atoms with Crippen LogP contribution in [0.4, 0.5) is 0 Å². The van der Waals surface area contributed by atoms with Crippen molar-refractivity contribution in [2.45, 2.75) is 26.9 Å². The first-order chi connectivity index (χ1) is 12.4. The topological polar surface area (TPSA) is 76.7 Å². The van der Waals surface area contributed by atoms with Crippen LogP contribution >= 0.6 is 11.6 Å². The highest BCUT2D eigenvalue weighted by Gasteiger charge is 2.16. The third-order valence-electron chi connectivity index (χ3n) is 3.59. The average Bonchev–Trinajstić information content (AvgIpc) is 2.62. The second kappa shape index (κ2) is 9.10. The maximum absolute atomic E-state index is 12.0. The summed E-state index contributed by atoms with van der Waals surface area (Å²) in [5.74, 6) is 0.172. The lowest BCUT2D eigenvalue weighted by molar-refractivity contribution is -0.133. The van der Waals surface area contributed by atoms with Crippen molar-refractivity contribution >= 4 is 23.4 Å². The fourth-order valence-electron chi connectivity index (χ4n) is 2.06. The Labute approximate surface area is 157 Å². The zero-order valence-electron chi connectivity index (χ0n) is 14.8. The number of carbonyl (C=O) groups is 2. The third-order valence-corrected chi connectivity index (χ3v) is 4.02. The fraction of sp³-hybridized carbons (Fsp3) is 0.263. The molecule has 2 amide bonds. The number of benzene rings is 2. The summed E-state index contributed by atoms with van der Waals surface area (Å²) in [6.07, 6.45) is -0.767. The van der Waals surface area contributed by atoms with Gasteiger partial charge in [0.05, 0.1) is 0 Å². The minimum absolute atomic E-state index is 0.242. The molecule has 26 heavy (non-hydrogen) atoms. The molecule has 0 bridgehead atoms. The predicted molar refractivity (Wildman–Crippen MR) is 99.2 cm³/mol. The number of amides is 2. The molecule has 2 N–H and O–H groups in total. The van der Waals surface area contributed by atoms with Gasteiger partial charge in [0, 0.05) is 5.02 Å². The molecule has 0 aromatic heterocycles. The van der Waals surface area contributed by atoms with E-state index in [0.29, 0.717) is 16.5 Å². The highest BCUT2D eigenvalue weighted by molar-refractivity contribution is 6.31. The molecule has 2 aromatic carbocycles. The van der Waals surface area contributed by atoms with Gasteiger partial charge in [0.15, 0.2) is 12.7 Å². The van der Waals surface area contributed by atoms with Gasteiger partial charge < -0.3 is 9.47 Å². The molecule has 0 radical (unpaired) electrons. The minimum Gasteiger partial charge on any atom is -0.484 e. The van der Waals surface area contributed by atoms with Crippen molar-refractivity contribution in [1.29, 1.82) is 0 Å². The number of hydrogen-bond acceptors (Lipinski definition) is 4.